The topological polar surface area (TPSA) is 68.8 Å². The molecule has 1 heterocycles. The Morgan fingerprint density at radius 2 is 2.29 bits per heavy atom. The van der Waals surface area contributed by atoms with E-state index in [1.807, 2.05) is 23.7 Å². The van der Waals surface area contributed by atoms with Crippen molar-refractivity contribution in [2.24, 2.45) is 7.05 Å². The van der Waals surface area contributed by atoms with E-state index in [-0.39, 0.29) is 0 Å². The average molecular weight is 252 g/mol. The maximum Gasteiger partial charge on any atom is 0.134 e. The summed E-state index contributed by atoms with van der Waals surface area (Å²) >= 11 is 5.82. The quantitative estimate of drug-likeness (QED) is 0.812. The molecule has 1 aromatic heterocycles. The Kier molecular flexibility index (Phi) is 3.49. The zero-order valence-corrected chi connectivity index (χ0v) is 10.3. The molecule has 0 saturated carbocycles. The van der Waals surface area contributed by atoms with Gasteiger partial charge >= 0.3 is 0 Å². The number of hydrogen-bond acceptors (Lipinski definition) is 4. The molecular formula is C11H14ClN5. The fourth-order valence-corrected chi connectivity index (χ4v) is 1.72. The number of nitrogens with two attached hydrogens (primary N) is 1. The molecule has 17 heavy (non-hydrogen) atoms. The summed E-state index contributed by atoms with van der Waals surface area (Å²) in [7, 11) is 1.92. The molecule has 6 heteroatoms. The standard InChI is InChI=1S/C11H14ClN5/c1-17-7-15-16-11(17)4-5-14-10-3-2-8(12)6-9(10)13/h2-3,6-7,14H,4-5,13H2,1H3. The average Bonchev–Trinajstić information content (AvgIpc) is 2.68. The Bertz CT molecular complexity index is 508. The van der Waals surface area contributed by atoms with Crippen molar-refractivity contribution in [3.05, 3.63) is 35.4 Å². The Morgan fingerprint density at radius 1 is 1.47 bits per heavy atom. The van der Waals surface area contributed by atoms with E-state index in [1.165, 1.54) is 0 Å². The van der Waals surface area contributed by atoms with Gasteiger partial charge in [0, 0.05) is 25.0 Å². The second-order valence-corrected chi connectivity index (χ2v) is 4.20. The molecular weight excluding hydrogens is 238 g/mol. The highest BCUT2D eigenvalue weighted by Gasteiger charge is 2.02. The Hall–Kier alpha value is -1.75. The number of anilines is 2. The van der Waals surface area contributed by atoms with Crippen LogP contribution in [0.5, 0.6) is 0 Å². The van der Waals surface area contributed by atoms with Gasteiger partial charge in [0.05, 0.1) is 11.4 Å². The smallest absolute Gasteiger partial charge is 0.134 e. The first-order valence-corrected chi connectivity index (χ1v) is 5.66. The van der Waals surface area contributed by atoms with Crippen LogP contribution >= 0.6 is 11.6 Å². The van der Waals surface area contributed by atoms with Gasteiger partial charge in [-0.2, -0.15) is 0 Å². The summed E-state index contributed by atoms with van der Waals surface area (Å²) < 4.78 is 1.90. The van der Waals surface area contributed by atoms with Gasteiger partial charge in [0.15, 0.2) is 0 Å². The van der Waals surface area contributed by atoms with Gasteiger partial charge in [0.25, 0.3) is 0 Å². The van der Waals surface area contributed by atoms with E-state index < -0.39 is 0 Å². The van der Waals surface area contributed by atoms with Crippen molar-refractivity contribution < 1.29 is 0 Å². The van der Waals surface area contributed by atoms with Crippen LogP contribution in [0.15, 0.2) is 24.5 Å². The summed E-state index contributed by atoms with van der Waals surface area (Å²) in [5, 5.41) is 11.7. The summed E-state index contributed by atoms with van der Waals surface area (Å²) in [6.07, 6.45) is 2.48. The van der Waals surface area contributed by atoms with Gasteiger partial charge in [-0.15, -0.1) is 10.2 Å². The van der Waals surface area contributed by atoms with Crippen LogP contribution in [0.25, 0.3) is 0 Å². The first-order valence-electron chi connectivity index (χ1n) is 5.28. The molecule has 0 aliphatic rings. The van der Waals surface area contributed by atoms with Crippen LogP contribution < -0.4 is 11.1 Å². The number of hydrogen-bond donors (Lipinski definition) is 2. The molecule has 0 spiro atoms. The molecule has 0 radical (unpaired) electrons. The molecule has 0 amide bonds. The Morgan fingerprint density at radius 3 is 2.94 bits per heavy atom. The number of nitrogen functional groups attached to an aromatic ring is 1. The van der Waals surface area contributed by atoms with Crippen molar-refractivity contribution in [2.45, 2.75) is 6.42 Å². The first kappa shape index (κ1) is 11.7. The van der Waals surface area contributed by atoms with Crippen molar-refractivity contribution in [3.63, 3.8) is 0 Å². The fraction of sp³-hybridized carbons (Fsp3) is 0.273. The number of aromatic nitrogens is 3. The van der Waals surface area contributed by atoms with Crippen molar-refractivity contribution in [2.75, 3.05) is 17.6 Å². The minimum Gasteiger partial charge on any atom is -0.397 e. The van der Waals surface area contributed by atoms with E-state index in [4.69, 9.17) is 17.3 Å². The van der Waals surface area contributed by atoms with Crippen LogP contribution in [-0.2, 0) is 13.5 Å². The molecule has 0 unspecified atom stereocenters. The molecule has 2 rings (SSSR count). The molecule has 0 saturated heterocycles. The predicted molar refractivity (Wildman–Crippen MR) is 69.1 cm³/mol. The molecule has 90 valence electrons. The van der Waals surface area contributed by atoms with E-state index in [1.54, 1.807) is 12.4 Å². The molecule has 2 aromatic rings. The van der Waals surface area contributed by atoms with Crippen LogP contribution in [0.4, 0.5) is 11.4 Å². The number of aryl methyl sites for hydroxylation is 1. The van der Waals surface area contributed by atoms with E-state index >= 15 is 0 Å². The van der Waals surface area contributed by atoms with Gasteiger partial charge in [-0.1, -0.05) is 11.6 Å². The Balaban J connectivity index is 1.92. The zero-order chi connectivity index (χ0) is 12.3. The van der Waals surface area contributed by atoms with Crippen LogP contribution in [-0.4, -0.2) is 21.3 Å². The summed E-state index contributed by atoms with van der Waals surface area (Å²) in [4.78, 5) is 0. The molecule has 0 fully saturated rings. The van der Waals surface area contributed by atoms with Crippen molar-refractivity contribution >= 4 is 23.0 Å². The summed E-state index contributed by atoms with van der Waals surface area (Å²) in [6, 6.07) is 5.41. The van der Waals surface area contributed by atoms with Gasteiger partial charge < -0.3 is 15.6 Å². The molecule has 5 nitrogen and oxygen atoms in total. The molecule has 0 aliphatic carbocycles. The van der Waals surface area contributed by atoms with E-state index in [0.29, 0.717) is 10.7 Å². The third-order valence-corrected chi connectivity index (χ3v) is 2.72. The number of benzene rings is 1. The second kappa shape index (κ2) is 5.05. The second-order valence-electron chi connectivity index (χ2n) is 3.77. The molecule has 0 aliphatic heterocycles. The summed E-state index contributed by atoms with van der Waals surface area (Å²) in [6.45, 7) is 0.748. The third kappa shape index (κ3) is 2.88. The lowest BCUT2D eigenvalue weighted by molar-refractivity contribution is 0.788. The highest BCUT2D eigenvalue weighted by atomic mass is 35.5. The maximum absolute atomic E-state index is 5.83. The fourth-order valence-electron chi connectivity index (χ4n) is 1.54. The lowest BCUT2D eigenvalue weighted by atomic mass is 10.2. The van der Waals surface area contributed by atoms with Crippen LogP contribution in [0.2, 0.25) is 5.02 Å². The molecule has 3 N–H and O–H groups in total. The number of halogens is 1. The third-order valence-electron chi connectivity index (χ3n) is 2.48. The van der Waals surface area contributed by atoms with Gasteiger partial charge in [-0.25, -0.2) is 0 Å². The van der Waals surface area contributed by atoms with Crippen LogP contribution in [0.1, 0.15) is 5.82 Å². The summed E-state index contributed by atoms with van der Waals surface area (Å²) in [5.41, 5.74) is 7.36. The normalized spacial score (nSPS) is 10.5. The number of nitrogens with one attached hydrogen (secondary N) is 1. The monoisotopic (exact) mass is 251 g/mol. The van der Waals surface area contributed by atoms with Crippen LogP contribution in [0, 0.1) is 0 Å². The van der Waals surface area contributed by atoms with Gasteiger partial charge in [-0.3, -0.25) is 0 Å². The predicted octanol–water partition coefficient (Wildman–Crippen LogP) is 1.71. The van der Waals surface area contributed by atoms with Crippen LogP contribution in [0.3, 0.4) is 0 Å². The molecule has 0 bridgehead atoms. The lowest BCUT2D eigenvalue weighted by Crippen LogP contribution is -2.09. The van der Waals surface area contributed by atoms with Gasteiger partial charge in [-0.05, 0) is 18.2 Å². The van der Waals surface area contributed by atoms with E-state index in [9.17, 15) is 0 Å². The van der Waals surface area contributed by atoms with Crippen molar-refractivity contribution in [1.82, 2.24) is 14.8 Å². The highest BCUT2D eigenvalue weighted by molar-refractivity contribution is 6.31. The minimum absolute atomic E-state index is 0.640. The minimum atomic E-state index is 0.640. The van der Waals surface area contributed by atoms with Gasteiger partial charge in [0.2, 0.25) is 0 Å². The maximum atomic E-state index is 5.83. The first-order chi connectivity index (χ1) is 8.16. The van der Waals surface area contributed by atoms with E-state index in [0.717, 1.165) is 24.5 Å². The highest BCUT2D eigenvalue weighted by Crippen LogP contribution is 2.22. The SMILES string of the molecule is Cn1cnnc1CCNc1ccc(Cl)cc1N. The number of nitrogens with zero attached hydrogens (tertiary/aromatic N) is 3. The van der Waals surface area contributed by atoms with Crippen molar-refractivity contribution in [3.8, 4) is 0 Å². The number of rotatable bonds is 4. The van der Waals surface area contributed by atoms with Crippen molar-refractivity contribution in [1.29, 1.82) is 0 Å². The van der Waals surface area contributed by atoms with Gasteiger partial charge in [0.1, 0.15) is 12.2 Å². The Labute approximate surface area is 105 Å². The molecule has 0 atom stereocenters. The largest absolute Gasteiger partial charge is 0.397 e. The van der Waals surface area contributed by atoms with E-state index in [2.05, 4.69) is 15.5 Å². The zero-order valence-electron chi connectivity index (χ0n) is 9.52. The molecule has 1 aromatic carbocycles. The summed E-state index contributed by atoms with van der Waals surface area (Å²) in [5.74, 6) is 0.935. The lowest BCUT2D eigenvalue weighted by Gasteiger charge is -2.09.